The van der Waals surface area contributed by atoms with Gasteiger partial charge in [-0.3, -0.25) is 4.79 Å². The fraction of sp³-hybridized carbons (Fsp3) is 0.417. The molecule has 0 aromatic heterocycles. The first-order valence-corrected chi connectivity index (χ1v) is 5.12. The number of carbonyl (C=O) groups is 1. The summed E-state index contributed by atoms with van der Waals surface area (Å²) in [7, 11) is 0. The molecular weight excluding hydrogens is 207 g/mol. The van der Waals surface area contributed by atoms with Crippen LogP contribution in [-0.2, 0) is 0 Å². The van der Waals surface area contributed by atoms with E-state index in [1.54, 1.807) is 0 Å². The number of benzene rings is 1. The van der Waals surface area contributed by atoms with Crippen LogP contribution in [0.3, 0.4) is 0 Å². The van der Waals surface area contributed by atoms with Gasteiger partial charge < -0.3 is 11.1 Å². The van der Waals surface area contributed by atoms with Gasteiger partial charge in [0.2, 0.25) is 0 Å². The van der Waals surface area contributed by atoms with E-state index >= 15 is 0 Å². The van der Waals surface area contributed by atoms with Gasteiger partial charge in [-0.2, -0.15) is 0 Å². The van der Waals surface area contributed by atoms with E-state index in [2.05, 4.69) is 5.32 Å². The molecule has 88 valence electrons. The van der Waals surface area contributed by atoms with Gasteiger partial charge in [0.05, 0.1) is 0 Å². The highest BCUT2D eigenvalue weighted by molar-refractivity contribution is 5.95. The number of rotatable bonds is 2. The fourth-order valence-corrected chi connectivity index (χ4v) is 1.19. The second-order valence-corrected chi connectivity index (χ2v) is 5.02. The Bertz CT molecular complexity index is 376. The standard InChI is InChI=1S/C12H17FN2O/c1-12(2,3)7-15-11(16)8-4-9(13)6-10(14)5-8/h4-6H,7,14H2,1-3H3,(H,15,16). The van der Waals surface area contributed by atoms with Crippen molar-refractivity contribution >= 4 is 11.6 Å². The molecule has 3 N–H and O–H groups in total. The van der Waals surface area contributed by atoms with Gasteiger partial charge >= 0.3 is 0 Å². The lowest BCUT2D eigenvalue weighted by molar-refractivity contribution is 0.0939. The molecule has 0 aliphatic carbocycles. The van der Waals surface area contributed by atoms with Crippen molar-refractivity contribution in [2.24, 2.45) is 5.41 Å². The Balaban J connectivity index is 2.73. The molecule has 1 aromatic carbocycles. The Morgan fingerprint density at radius 2 is 2.00 bits per heavy atom. The van der Waals surface area contributed by atoms with Gasteiger partial charge in [0.1, 0.15) is 5.82 Å². The molecule has 1 aromatic rings. The van der Waals surface area contributed by atoms with Gasteiger partial charge in [-0.1, -0.05) is 20.8 Å². The molecule has 0 heterocycles. The third-order valence-corrected chi connectivity index (χ3v) is 1.96. The van der Waals surface area contributed by atoms with Crippen molar-refractivity contribution in [3.05, 3.63) is 29.6 Å². The molecule has 0 atom stereocenters. The highest BCUT2D eigenvalue weighted by Crippen LogP contribution is 2.13. The number of nitrogens with one attached hydrogen (secondary N) is 1. The van der Waals surface area contributed by atoms with Crippen molar-refractivity contribution < 1.29 is 9.18 Å². The van der Waals surface area contributed by atoms with Gasteiger partial charge in [-0.25, -0.2) is 4.39 Å². The molecule has 3 nitrogen and oxygen atoms in total. The summed E-state index contributed by atoms with van der Waals surface area (Å²) < 4.78 is 13.0. The molecule has 0 aliphatic heterocycles. The summed E-state index contributed by atoms with van der Waals surface area (Å²) in [6.45, 7) is 6.55. The van der Waals surface area contributed by atoms with Crippen LogP contribution in [0.15, 0.2) is 18.2 Å². The quantitative estimate of drug-likeness (QED) is 0.756. The summed E-state index contributed by atoms with van der Waals surface area (Å²) in [5.74, 6) is -0.804. The Labute approximate surface area is 94.8 Å². The molecule has 0 unspecified atom stereocenters. The molecule has 1 amide bonds. The molecular formula is C12H17FN2O. The van der Waals surface area contributed by atoms with E-state index in [-0.39, 0.29) is 22.6 Å². The number of hydrogen-bond donors (Lipinski definition) is 2. The number of halogens is 1. The first-order chi connectivity index (χ1) is 7.28. The van der Waals surface area contributed by atoms with Crippen LogP contribution in [0, 0.1) is 11.2 Å². The maximum absolute atomic E-state index is 13.0. The Morgan fingerprint density at radius 1 is 1.38 bits per heavy atom. The fourth-order valence-electron chi connectivity index (χ4n) is 1.19. The van der Waals surface area contributed by atoms with Crippen molar-refractivity contribution in [2.45, 2.75) is 20.8 Å². The van der Waals surface area contributed by atoms with Gasteiger partial charge in [-0.05, 0) is 23.6 Å². The molecule has 1 rings (SSSR count). The van der Waals surface area contributed by atoms with E-state index < -0.39 is 5.82 Å². The minimum absolute atomic E-state index is 0.00543. The van der Waals surface area contributed by atoms with E-state index in [0.717, 1.165) is 0 Å². The van der Waals surface area contributed by atoms with Crippen molar-refractivity contribution in [1.82, 2.24) is 5.32 Å². The number of amides is 1. The Morgan fingerprint density at radius 3 is 2.50 bits per heavy atom. The van der Waals surface area contributed by atoms with Crippen LogP contribution in [-0.4, -0.2) is 12.5 Å². The maximum Gasteiger partial charge on any atom is 0.251 e. The van der Waals surface area contributed by atoms with Crippen molar-refractivity contribution in [3.63, 3.8) is 0 Å². The first-order valence-electron chi connectivity index (χ1n) is 5.12. The molecule has 0 saturated carbocycles. The minimum atomic E-state index is -0.499. The normalized spacial score (nSPS) is 11.2. The first kappa shape index (κ1) is 12.5. The SMILES string of the molecule is CC(C)(C)CNC(=O)c1cc(N)cc(F)c1. The predicted molar refractivity (Wildman–Crippen MR) is 62.6 cm³/mol. The van der Waals surface area contributed by atoms with Gasteiger partial charge in [0.25, 0.3) is 5.91 Å². The topological polar surface area (TPSA) is 55.1 Å². The van der Waals surface area contributed by atoms with Crippen LogP contribution in [0.4, 0.5) is 10.1 Å². The lowest BCUT2D eigenvalue weighted by Gasteiger charge is -2.18. The number of carbonyl (C=O) groups excluding carboxylic acids is 1. The third kappa shape index (κ3) is 3.88. The largest absolute Gasteiger partial charge is 0.399 e. The highest BCUT2D eigenvalue weighted by Gasteiger charge is 2.13. The van der Waals surface area contributed by atoms with Crippen LogP contribution in [0.1, 0.15) is 31.1 Å². The number of nitrogen functional groups attached to an aromatic ring is 1. The summed E-state index contributed by atoms with van der Waals surface area (Å²) in [5, 5.41) is 2.73. The zero-order chi connectivity index (χ0) is 12.3. The van der Waals surface area contributed by atoms with Crippen LogP contribution < -0.4 is 11.1 Å². The van der Waals surface area contributed by atoms with E-state index in [0.29, 0.717) is 6.54 Å². The van der Waals surface area contributed by atoms with Crippen LogP contribution in [0.5, 0.6) is 0 Å². The van der Waals surface area contributed by atoms with Gasteiger partial charge in [0, 0.05) is 17.8 Å². The molecule has 0 saturated heterocycles. The maximum atomic E-state index is 13.0. The van der Waals surface area contributed by atoms with E-state index in [4.69, 9.17) is 5.73 Å². The molecule has 0 fully saturated rings. The highest BCUT2D eigenvalue weighted by atomic mass is 19.1. The van der Waals surface area contributed by atoms with E-state index in [1.165, 1.54) is 18.2 Å². The van der Waals surface area contributed by atoms with Gasteiger partial charge in [0.15, 0.2) is 0 Å². The van der Waals surface area contributed by atoms with Crippen molar-refractivity contribution in [1.29, 1.82) is 0 Å². The minimum Gasteiger partial charge on any atom is -0.399 e. The second kappa shape index (κ2) is 4.51. The van der Waals surface area contributed by atoms with E-state index in [9.17, 15) is 9.18 Å². The van der Waals surface area contributed by atoms with Crippen LogP contribution in [0.25, 0.3) is 0 Å². The summed E-state index contributed by atoms with van der Waals surface area (Å²) in [5.41, 5.74) is 5.96. The van der Waals surface area contributed by atoms with Crippen molar-refractivity contribution in [3.8, 4) is 0 Å². The van der Waals surface area contributed by atoms with Crippen LogP contribution in [0.2, 0.25) is 0 Å². The summed E-state index contributed by atoms with van der Waals surface area (Å²) >= 11 is 0. The smallest absolute Gasteiger partial charge is 0.251 e. The van der Waals surface area contributed by atoms with Crippen molar-refractivity contribution in [2.75, 3.05) is 12.3 Å². The monoisotopic (exact) mass is 224 g/mol. The zero-order valence-corrected chi connectivity index (χ0v) is 9.80. The number of anilines is 1. The zero-order valence-electron chi connectivity index (χ0n) is 9.80. The number of hydrogen-bond acceptors (Lipinski definition) is 2. The molecule has 0 radical (unpaired) electrons. The average molecular weight is 224 g/mol. The van der Waals surface area contributed by atoms with Crippen LogP contribution >= 0.6 is 0 Å². The second-order valence-electron chi connectivity index (χ2n) is 5.02. The third-order valence-electron chi connectivity index (χ3n) is 1.96. The predicted octanol–water partition coefficient (Wildman–Crippen LogP) is 2.18. The van der Waals surface area contributed by atoms with Gasteiger partial charge in [-0.15, -0.1) is 0 Å². The molecule has 16 heavy (non-hydrogen) atoms. The average Bonchev–Trinajstić information content (AvgIpc) is 2.11. The molecule has 0 aliphatic rings. The lowest BCUT2D eigenvalue weighted by atomic mass is 9.97. The Kier molecular flexibility index (Phi) is 3.52. The molecule has 4 heteroatoms. The van der Waals surface area contributed by atoms with E-state index in [1.807, 2.05) is 20.8 Å². The summed E-state index contributed by atoms with van der Waals surface area (Å²) in [4.78, 5) is 11.7. The lowest BCUT2D eigenvalue weighted by Crippen LogP contribution is -2.32. The summed E-state index contributed by atoms with van der Waals surface area (Å²) in [6.07, 6.45) is 0. The summed E-state index contributed by atoms with van der Waals surface area (Å²) in [6, 6.07) is 3.82. The molecule has 0 spiro atoms. The Hall–Kier alpha value is -1.58. The molecule has 0 bridgehead atoms. The number of nitrogens with two attached hydrogens (primary N) is 1.